The molecule has 1 atom stereocenters. The van der Waals surface area contributed by atoms with Gasteiger partial charge in [0.1, 0.15) is 11.8 Å². The number of para-hydroxylation sites is 3. The number of nitrogens with zero attached hydrogens (tertiary/aromatic N) is 3. The summed E-state index contributed by atoms with van der Waals surface area (Å²) in [5, 5.41) is 12.1. The molecule has 0 aromatic heterocycles. The molecule has 3 rings (SSSR count). The smallest absolute Gasteiger partial charge is 0.241 e. The fourth-order valence-corrected chi connectivity index (χ4v) is 3.44. The highest BCUT2D eigenvalue weighted by Gasteiger charge is 2.27. The molecule has 2 aromatic carbocycles. The lowest BCUT2D eigenvalue weighted by Gasteiger charge is -2.39. The lowest BCUT2D eigenvalue weighted by Crippen LogP contribution is -2.53. The minimum atomic E-state index is -0.268. The Kier molecular flexibility index (Phi) is 6.51. The summed E-state index contributed by atoms with van der Waals surface area (Å²) in [7, 11) is 0. The van der Waals surface area contributed by atoms with E-state index in [-0.39, 0.29) is 11.9 Å². The Bertz CT molecular complexity index is 854. The minimum Gasteiger partial charge on any atom is -0.492 e. The van der Waals surface area contributed by atoms with Crippen LogP contribution in [0, 0.1) is 11.3 Å². The number of amides is 1. The molecule has 1 heterocycles. The first-order valence-corrected chi connectivity index (χ1v) is 9.65. The number of benzene rings is 2. The van der Waals surface area contributed by atoms with Crippen molar-refractivity contribution in [1.29, 1.82) is 5.26 Å². The van der Waals surface area contributed by atoms with Crippen molar-refractivity contribution in [3.63, 3.8) is 0 Å². The highest BCUT2D eigenvalue weighted by atomic mass is 16.5. The summed E-state index contributed by atoms with van der Waals surface area (Å²) in [6.07, 6.45) is 0. The zero-order valence-corrected chi connectivity index (χ0v) is 16.4. The lowest BCUT2D eigenvalue weighted by atomic mass is 10.1. The van der Waals surface area contributed by atoms with E-state index in [0.29, 0.717) is 17.9 Å². The van der Waals surface area contributed by atoms with E-state index in [1.807, 2.05) is 38.1 Å². The number of hydrogen-bond acceptors (Lipinski definition) is 5. The van der Waals surface area contributed by atoms with Crippen molar-refractivity contribution < 1.29 is 9.53 Å². The van der Waals surface area contributed by atoms with E-state index in [0.717, 1.165) is 37.6 Å². The van der Waals surface area contributed by atoms with Gasteiger partial charge in [-0.15, -0.1) is 0 Å². The highest BCUT2D eigenvalue weighted by molar-refractivity contribution is 5.95. The van der Waals surface area contributed by atoms with Gasteiger partial charge in [-0.3, -0.25) is 9.69 Å². The van der Waals surface area contributed by atoms with Gasteiger partial charge in [0, 0.05) is 26.2 Å². The van der Waals surface area contributed by atoms with Gasteiger partial charge in [-0.05, 0) is 38.1 Å². The van der Waals surface area contributed by atoms with E-state index in [4.69, 9.17) is 4.74 Å². The van der Waals surface area contributed by atoms with Crippen molar-refractivity contribution in [2.75, 3.05) is 43.0 Å². The van der Waals surface area contributed by atoms with Gasteiger partial charge in [0.2, 0.25) is 5.91 Å². The van der Waals surface area contributed by atoms with Crippen molar-refractivity contribution in [3.05, 3.63) is 54.1 Å². The van der Waals surface area contributed by atoms with Gasteiger partial charge in [-0.25, -0.2) is 0 Å². The summed E-state index contributed by atoms with van der Waals surface area (Å²) in [5.74, 6) is 0.809. The molecular formula is C22H26N4O2. The molecule has 0 bridgehead atoms. The second-order valence-corrected chi connectivity index (χ2v) is 6.75. The summed E-state index contributed by atoms with van der Waals surface area (Å²) in [5.41, 5.74) is 2.13. The number of carbonyl (C=O) groups is 1. The predicted octanol–water partition coefficient (Wildman–Crippen LogP) is 3.11. The largest absolute Gasteiger partial charge is 0.492 e. The zero-order chi connectivity index (χ0) is 19.9. The molecule has 1 amide bonds. The molecule has 2 aromatic rings. The van der Waals surface area contributed by atoms with E-state index >= 15 is 0 Å². The van der Waals surface area contributed by atoms with Gasteiger partial charge in [-0.2, -0.15) is 5.26 Å². The number of ether oxygens (including phenoxy) is 1. The monoisotopic (exact) mass is 378 g/mol. The van der Waals surface area contributed by atoms with Crippen molar-refractivity contribution in [3.8, 4) is 11.8 Å². The molecule has 1 aliphatic rings. The van der Waals surface area contributed by atoms with Crippen LogP contribution in [0.2, 0.25) is 0 Å². The fraction of sp³-hybridized carbons (Fsp3) is 0.364. The van der Waals surface area contributed by atoms with Gasteiger partial charge < -0.3 is 15.0 Å². The van der Waals surface area contributed by atoms with Crippen LogP contribution in [0.4, 0.5) is 11.4 Å². The third-order valence-corrected chi connectivity index (χ3v) is 5.05. The standard InChI is InChI=1S/C22H26N4O2/c1-3-28-21-11-7-6-10-20(21)26-14-12-25(13-15-26)17(2)22(27)24-19-9-5-4-8-18(19)16-23/h4-11,17H,3,12-15H2,1-2H3,(H,24,27)/t17-/m0/s1. The van der Waals surface area contributed by atoms with Crippen LogP contribution in [-0.2, 0) is 4.79 Å². The third kappa shape index (κ3) is 4.44. The normalized spacial score (nSPS) is 15.5. The van der Waals surface area contributed by atoms with Crippen molar-refractivity contribution >= 4 is 17.3 Å². The maximum absolute atomic E-state index is 12.7. The average Bonchev–Trinajstić information content (AvgIpc) is 2.74. The Morgan fingerprint density at radius 3 is 2.54 bits per heavy atom. The molecular weight excluding hydrogens is 352 g/mol. The van der Waals surface area contributed by atoms with Crippen LogP contribution in [-0.4, -0.2) is 49.6 Å². The summed E-state index contributed by atoms with van der Waals surface area (Å²) < 4.78 is 5.75. The maximum Gasteiger partial charge on any atom is 0.241 e. The Labute approximate surface area is 166 Å². The van der Waals surface area contributed by atoms with Crippen LogP contribution in [0.5, 0.6) is 5.75 Å². The topological polar surface area (TPSA) is 68.6 Å². The van der Waals surface area contributed by atoms with Crippen LogP contribution in [0.3, 0.4) is 0 Å². The third-order valence-electron chi connectivity index (χ3n) is 5.05. The quantitative estimate of drug-likeness (QED) is 0.836. The number of nitrogens with one attached hydrogen (secondary N) is 1. The molecule has 1 fully saturated rings. The first kappa shape index (κ1) is 19.7. The molecule has 0 radical (unpaired) electrons. The Morgan fingerprint density at radius 2 is 1.82 bits per heavy atom. The van der Waals surface area contributed by atoms with Gasteiger partial charge in [0.25, 0.3) is 0 Å². The van der Waals surface area contributed by atoms with Crippen LogP contribution >= 0.6 is 0 Å². The maximum atomic E-state index is 12.7. The molecule has 1 N–H and O–H groups in total. The van der Waals surface area contributed by atoms with Crippen molar-refractivity contribution in [2.24, 2.45) is 0 Å². The molecule has 6 heteroatoms. The number of piperazine rings is 1. The molecule has 1 aliphatic heterocycles. The zero-order valence-electron chi connectivity index (χ0n) is 16.4. The van der Waals surface area contributed by atoms with Gasteiger partial charge in [0.15, 0.2) is 0 Å². The Hall–Kier alpha value is -3.04. The number of rotatable bonds is 6. The van der Waals surface area contributed by atoms with Gasteiger partial charge >= 0.3 is 0 Å². The summed E-state index contributed by atoms with van der Waals surface area (Å²) >= 11 is 0. The molecule has 0 unspecified atom stereocenters. The molecule has 28 heavy (non-hydrogen) atoms. The van der Waals surface area contributed by atoms with Crippen LogP contribution in [0.25, 0.3) is 0 Å². The van der Waals surface area contributed by atoms with E-state index in [1.54, 1.807) is 18.2 Å². The van der Waals surface area contributed by atoms with Crippen molar-refractivity contribution in [2.45, 2.75) is 19.9 Å². The SMILES string of the molecule is CCOc1ccccc1N1CCN([C@@H](C)C(=O)Nc2ccccc2C#N)CC1. The predicted molar refractivity (Wildman–Crippen MR) is 111 cm³/mol. The number of hydrogen-bond donors (Lipinski definition) is 1. The number of nitriles is 1. The average molecular weight is 378 g/mol. The fourth-order valence-electron chi connectivity index (χ4n) is 3.44. The van der Waals surface area contributed by atoms with E-state index in [2.05, 4.69) is 27.3 Å². The first-order chi connectivity index (χ1) is 13.6. The van der Waals surface area contributed by atoms with Gasteiger partial charge in [0.05, 0.1) is 29.6 Å². The van der Waals surface area contributed by atoms with Crippen LogP contribution < -0.4 is 15.0 Å². The molecule has 0 spiro atoms. The lowest BCUT2D eigenvalue weighted by molar-refractivity contribution is -0.120. The second-order valence-electron chi connectivity index (χ2n) is 6.75. The number of anilines is 2. The Morgan fingerprint density at radius 1 is 1.14 bits per heavy atom. The highest BCUT2D eigenvalue weighted by Crippen LogP contribution is 2.29. The number of carbonyl (C=O) groups excluding carboxylic acids is 1. The van der Waals surface area contributed by atoms with E-state index < -0.39 is 0 Å². The van der Waals surface area contributed by atoms with Crippen molar-refractivity contribution in [1.82, 2.24) is 4.90 Å². The Balaban J connectivity index is 1.60. The van der Waals surface area contributed by atoms with Crippen LogP contribution in [0.15, 0.2) is 48.5 Å². The van der Waals surface area contributed by atoms with E-state index in [9.17, 15) is 10.1 Å². The molecule has 0 aliphatic carbocycles. The first-order valence-electron chi connectivity index (χ1n) is 9.65. The van der Waals surface area contributed by atoms with E-state index in [1.165, 1.54) is 0 Å². The summed E-state index contributed by atoms with van der Waals surface area (Å²) in [4.78, 5) is 17.1. The molecule has 1 saturated heterocycles. The summed E-state index contributed by atoms with van der Waals surface area (Å²) in [6, 6.07) is 17.0. The second kappa shape index (κ2) is 9.25. The summed E-state index contributed by atoms with van der Waals surface area (Å²) in [6.45, 7) is 7.77. The molecule has 6 nitrogen and oxygen atoms in total. The van der Waals surface area contributed by atoms with Gasteiger partial charge in [-0.1, -0.05) is 24.3 Å². The molecule has 146 valence electrons. The molecule has 0 saturated carbocycles. The van der Waals surface area contributed by atoms with Crippen LogP contribution in [0.1, 0.15) is 19.4 Å². The minimum absolute atomic E-state index is 0.0918.